The second-order valence-electron chi connectivity index (χ2n) is 4.98. The highest BCUT2D eigenvalue weighted by atomic mass is 19.4. The van der Waals surface area contributed by atoms with Gasteiger partial charge in [0.2, 0.25) is 0 Å². The fraction of sp³-hybridized carbons (Fsp3) is 0.583. The number of likely N-dealkylation sites (tertiary alicyclic amines) is 1. The van der Waals surface area contributed by atoms with Crippen molar-refractivity contribution in [1.29, 1.82) is 0 Å². The molecule has 1 fully saturated rings. The monoisotopic (exact) mass is 275 g/mol. The van der Waals surface area contributed by atoms with Crippen molar-refractivity contribution < 1.29 is 18.0 Å². The standard InChI is InChI=1S/C12H16F3N3O/c1-11(16,12(13,14)15)10(19)18-7-3-5-9(18)8-4-2-6-17-8/h2,4,6,9,17H,3,5,7,16H2,1H3. The Balaban J connectivity index is 2.24. The van der Waals surface area contributed by atoms with Crippen LogP contribution in [0.15, 0.2) is 18.3 Å². The fourth-order valence-electron chi connectivity index (χ4n) is 2.30. The van der Waals surface area contributed by atoms with Crippen molar-refractivity contribution in [2.75, 3.05) is 6.54 Å². The average molecular weight is 275 g/mol. The van der Waals surface area contributed by atoms with Gasteiger partial charge in [-0.1, -0.05) is 0 Å². The van der Waals surface area contributed by atoms with E-state index in [1.165, 1.54) is 4.90 Å². The van der Waals surface area contributed by atoms with E-state index in [4.69, 9.17) is 5.73 Å². The lowest BCUT2D eigenvalue weighted by Gasteiger charge is -2.33. The summed E-state index contributed by atoms with van der Waals surface area (Å²) in [5.74, 6) is -1.07. The van der Waals surface area contributed by atoms with Crippen molar-refractivity contribution in [2.45, 2.75) is 37.5 Å². The third-order valence-electron chi connectivity index (χ3n) is 3.53. The molecule has 1 aliphatic heterocycles. The van der Waals surface area contributed by atoms with Crippen molar-refractivity contribution in [1.82, 2.24) is 9.88 Å². The van der Waals surface area contributed by atoms with Gasteiger partial charge in [-0.25, -0.2) is 0 Å². The number of aromatic nitrogens is 1. The smallest absolute Gasteiger partial charge is 0.363 e. The Morgan fingerprint density at radius 3 is 2.74 bits per heavy atom. The van der Waals surface area contributed by atoms with Crippen molar-refractivity contribution in [3.05, 3.63) is 24.0 Å². The molecule has 4 nitrogen and oxygen atoms in total. The molecule has 2 rings (SSSR count). The van der Waals surface area contributed by atoms with Crippen molar-refractivity contribution in [3.63, 3.8) is 0 Å². The third kappa shape index (κ3) is 2.34. The molecule has 1 amide bonds. The topological polar surface area (TPSA) is 62.1 Å². The van der Waals surface area contributed by atoms with Crippen LogP contribution in [0.5, 0.6) is 0 Å². The van der Waals surface area contributed by atoms with Gasteiger partial charge in [0.25, 0.3) is 5.91 Å². The van der Waals surface area contributed by atoms with Crippen LogP contribution in [-0.2, 0) is 4.79 Å². The molecule has 0 aliphatic carbocycles. The molecule has 0 radical (unpaired) electrons. The number of nitrogens with one attached hydrogen (secondary N) is 1. The lowest BCUT2D eigenvalue weighted by atomic mass is 10.00. The Bertz CT molecular complexity index is 453. The number of H-pyrrole nitrogens is 1. The molecular weight excluding hydrogens is 259 g/mol. The zero-order chi connectivity index (χ0) is 14.3. The molecule has 1 saturated heterocycles. The predicted molar refractivity (Wildman–Crippen MR) is 63.1 cm³/mol. The number of hydrogen-bond acceptors (Lipinski definition) is 2. The van der Waals surface area contributed by atoms with Crippen LogP contribution in [0.25, 0.3) is 0 Å². The molecule has 0 saturated carbocycles. The molecule has 19 heavy (non-hydrogen) atoms. The zero-order valence-electron chi connectivity index (χ0n) is 10.5. The van der Waals surface area contributed by atoms with Gasteiger partial charge in [0.05, 0.1) is 6.04 Å². The van der Waals surface area contributed by atoms with E-state index in [1.807, 2.05) is 0 Å². The Morgan fingerprint density at radius 1 is 1.53 bits per heavy atom. The molecule has 0 bridgehead atoms. The fourth-order valence-corrected chi connectivity index (χ4v) is 2.30. The first kappa shape index (κ1) is 13.9. The zero-order valence-corrected chi connectivity index (χ0v) is 10.5. The summed E-state index contributed by atoms with van der Waals surface area (Å²) in [5.41, 5.74) is 3.10. The molecule has 106 valence electrons. The maximum atomic E-state index is 12.8. The SMILES string of the molecule is CC(N)(C(=O)N1CCCC1c1ccc[nH]1)C(F)(F)F. The molecule has 0 aromatic carbocycles. The number of alkyl halides is 3. The number of carbonyl (C=O) groups is 1. The quantitative estimate of drug-likeness (QED) is 0.866. The summed E-state index contributed by atoms with van der Waals surface area (Å²) in [6.07, 6.45) is -1.77. The molecule has 2 atom stereocenters. The first-order chi connectivity index (χ1) is 8.75. The van der Waals surface area contributed by atoms with Gasteiger partial charge < -0.3 is 15.6 Å². The van der Waals surface area contributed by atoms with E-state index < -0.39 is 17.6 Å². The first-order valence-corrected chi connectivity index (χ1v) is 6.05. The predicted octanol–water partition coefficient (Wildman–Crippen LogP) is 1.96. The molecule has 2 unspecified atom stereocenters. The van der Waals surface area contributed by atoms with Crippen molar-refractivity contribution >= 4 is 5.91 Å². The molecule has 7 heteroatoms. The van der Waals surface area contributed by atoms with Gasteiger partial charge in [-0.2, -0.15) is 13.2 Å². The van der Waals surface area contributed by atoms with Crippen LogP contribution in [0.3, 0.4) is 0 Å². The van der Waals surface area contributed by atoms with Crippen molar-refractivity contribution in [2.24, 2.45) is 5.73 Å². The number of amides is 1. The minimum atomic E-state index is -4.76. The van der Waals surface area contributed by atoms with Crippen LogP contribution in [0.4, 0.5) is 13.2 Å². The van der Waals surface area contributed by atoms with E-state index in [-0.39, 0.29) is 6.04 Å². The van der Waals surface area contributed by atoms with Crippen LogP contribution < -0.4 is 5.73 Å². The minimum Gasteiger partial charge on any atom is -0.363 e. The van der Waals surface area contributed by atoms with Gasteiger partial charge >= 0.3 is 6.18 Å². The van der Waals surface area contributed by atoms with E-state index >= 15 is 0 Å². The molecule has 3 N–H and O–H groups in total. The lowest BCUT2D eigenvalue weighted by Crippen LogP contribution is -2.62. The summed E-state index contributed by atoms with van der Waals surface area (Å²) >= 11 is 0. The minimum absolute atomic E-state index is 0.297. The highest BCUT2D eigenvalue weighted by Crippen LogP contribution is 2.36. The molecule has 1 aliphatic rings. The van der Waals surface area contributed by atoms with Gasteiger partial charge in [0, 0.05) is 18.4 Å². The Morgan fingerprint density at radius 2 is 2.21 bits per heavy atom. The van der Waals surface area contributed by atoms with Gasteiger partial charge in [-0.05, 0) is 31.9 Å². The number of nitrogens with zero attached hydrogens (tertiary/aromatic N) is 1. The van der Waals surface area contributed by atoms with Gasteiger partial charge in [0.15, 0.2) is 5.54 Å². The normalized spacial score (nSPS) is 23.4. The maximum Gasteiger partial charge on any atom is 0.415 e. The number of halogens is 3. The number of hydrogen-bond donors (Lipinski definition) is 2. The van der Waals surface area contributed by atoms with Gasteiger partial charge in [0.1, 0.15) is 0 Å². The summed E-state index contributed by atoms with van der Waals surface area (Å²) in [5, 5.41) is 0. The number of rotatable bonds is 2. The van der Waals surface area contributed by atoms with Crippen LogP contribution in [0.1, 0.15) is 31.5 Å². The van der Waals surface area contributed by atoms with Crippen LogP contribution >= 0.6 is 0 Å². The summed E-state index contributed by atoms with van der Waals surface area (Å²) in [4.78, 5) is 16.2. The molecular formula is C12H16F3N3O. The number of aromatic amines is 1. The van der Waals surface area contributed by atoms with E-state index in [0.717, 1.165) is 12.6 Å². The maximum absolute atomic E-state index is 12.8. The van der Waals surface area contributed by atoms with E-state index in [0.29, 0.717) is 19.4 Å². The second-order valence-corrected chi connectivity index (χ2v) is 4.98. The first-order valence-electron chi connectivity index (χ1n) is 6.05. The Hall–Kier alpha value is -1.50. The Kier molecular flexibility index (Phi) is 3.34. The van der Waals surface area contributed by atoms with E-state index in [9.17, 15) is 18.0 Å². The summed E-state index contributed by atoms with van der Waals surface area (Å²) in [7, 11) is 0. The Labute approximate surface area is 108 Å². The highest BCUT2D eigenvalue weighted by molar-refractivity contribution is 5.87. The second kappa shape index (κ2) is 4.56. The van der Waals surface area contributed by atoms with Gasteiger partial charge in [-0.15, -0.1) is 0 Å². The molecule has 2 heterocycles. The number of carbonyl (C=O) groups excluding carboxylic acids is 1. The van der Waals surface area contributed by atoms with Crippen LogP contribution in [0, 0.1) is 0 Å². The van der Waals surface area contributed by atoms with Crippen LogP contribution in [0.2, 0.25) is 0 Å². The van der Waals surface area contributed by atoms with E-state index in [2.05, 4.69) is 4.98 Å². The highest BCUT2D eigenvalue weighted by Gasteiger charge is 2.56. The summed E-state index contributed by atoms with van der Waals surface area (Å²) in [6.45, 7) is 1.02. The largest absolute Gasteiger partial charge is 0.415 e. The average Bonchev–Trinajstić information content (AvgIpc) is 2.96. The van der Waals surface area contributed by atoms with Crippen molar-refractivity contribution in [3.8, 4) is 0 Å². The van der Waals surface area contributed by atoms with E-state index in [1.54, 1.807) is 18.3 Å². The lowest BCUT2D eigenvalue weighted by molar-refractivity contribution is -0.194. The molecule has 1 aromatic heterocycles. The number of nitrogens with two attached hydrogens (primary N) is 1. The van der Waals surface area contributed by atoms with Gasteiger partial charge in [-0.3, -0.25) is 4.79 Å². The molecule has 1 aromatic rings. The van der Waals surface area contributed by atoms with Crippen LogP contribution in [-0.4, -0.2) is 34.1 Å². The molecule has 0 spiro atoms. The summed E-state index contributed by atoms with van der Waals surface area (Å²) in [6, 6.07) is 3.16. The summed E-state index contributed by atoms with van der Waals surface area (Å²) < 4.78 is 38.5. The third-order valence-corrected chi connectivity index (χ3v) is 3.53.